The second-order valence-corrected chi connectivity index (χ2v) is 4.53. The van der Waals surface area contributed by atoms with E-state index in [1.54, 1.807) is 11.3 Å². The second-order valence-electron chi connectivity index (χ2n) is 3.56. The summed E-state index contributed by atoms with van der Waals surface area (Å²) in [7, 11) is 0. The molecule has 2 aromatic rings. The van der Waals surface area contributed by atoms with Gasteiger partial charge in [0.1, 0.15) is 0 Å². The lowest BCUT2D eigenvalue weighted by Gasteiger charge is -2.07. The zero-order chi connectivity index (χ0) is 10.5. The van der Waals surface area contributed by atoms with Crippen LogP contribution in [0, 0.1) is 0 Å². The molecule has 2 rings (SSSR count). The van der Waals surface area contributed by atoms with E-state index in [9.17, 15) is 5.11 Å². The van der Waals surface area contributed by atoms with Crippen LogP contribution in [-0.4, -0.2) is 5.11 Å². The summed E-state index contributed by atoms with van der Waals surface area (Å²) >= 11 is 1.62. The predicted octanol–water partition coefficient (Wildman–Crippen LogP) is 3.41. The smallest absolute Gasteiger partial charge is 0.0885 e. The summed E-state index contributed by atoms with van der Waals surface area (Å²) in [5.74, 6) is 0. The lowest BCUT2D eigenvalue weighted by molar-refractivity contribution is 0.171. The van der Waals surface area contributed by atoms with E-state index in [4.69, 9.17) is 0 Å². The Bertz CT molecular complexity index is 380. The Hall–Kier alpha value is -1.12. The molecule has 1 atom stereocenters. The summed E-state index contributed by atoms with van der Waals surface area (Å²) < 4.78 is 0. The van der Waals surface area contributed by atoms with Crippen molar-refractivity contribution >= 4 is 11.3 Å². The van der Waals surface area contributed by atoms with Gasteiger partial charge in [-0.2, -0.15) is 0 Å². The van der Waals surface area contributed by atoms with Crippen molar-refractivity contribution in [3.05, 3.63) is 58.3 Å². The summed E-state index contributed by atoms with van der Waals surface area (Å²) in [6, 6.07) is 14.2. The van der Waals surface area contributed by atoms with Crippen molar-refractivity contribution in [2.45, 2.75) is 18.9 Å². The van der Waals surface area contributed by atoms with Gasteiger partial charge in [-0.25, -0.2) is 0 Å². The monoisotopic (exact) mass is 218 g/mol. The fraction of sp³-hybridized carbons (Fsp3) is 0.231. The van der Waals surface area contributed by atoms with Gasteiger partial charge in [-0.3, -0.25) is 0 Å². The molecule has 15 heavy (non-hydrogen) atoms. The zero-order valence-corrected chi connectivity index (χ0v) is 9.28. The number of aliphatic hydroxyl groups is 1. The van der Waals surface area contributed by atoms with E-state index >= 15 is 0 Å². The van der Waals surface area contributed by atoms with Crippen molar-refractivity contribution in [2.75, 3.05) is 0 Å². The molecule has 1 aromatic carbocycles. The Morgan fingerprint density at radius 2 is 1.87 bits per heavy atom. The third-order valence-electron chi connectivity index (χ3n) is 2.42. The number of aliphatic hydroxyl groups excluding tert-OH is 1. The summed E-state index contributed by atoms with van der Waals surface area (Å²) in [4.78, 5) is 1.06. The molecule has 2 heteroatoms. The molecule has 1 N–H and O–H groups in total. The van der Waals surface area contributed by atoms with E-state index in [0.717, 1.165) is 17.7 Å². The van der Waals surface area contributed by atoms with Gasteiger partial charge >= 0.3 is 0 Å². The summed E-state index contributed by atoms with van der Waals surface area (Å²) in [6.07, 6.45) is 1.41. The molecule has 0 aliphatic heterocycles. The molecular formula is C13H14OS. The van der Waals surface area contributed by atoms with E-state index in [0.29, 0.717) is 0 Å². The molecule has 1 aromatic heterocycles. The Morgan fingerprint density at radius 3 is 2.53 bits per heavy atom. The number of hydrogen-bond acceptors (Lipinski definition) is 2. The van der Waals surface area contributed by atoms with Crippen LogP contribution in [0.1, 0.15) is 23.0 Å². The second kappa shape index (κ2) is 5.10. The summed E-state index contributed by atoms with van der Waals surface area (Å²) in [6.45, 7) is 0. The Labute approximate surface area is 94.0 Å². The molecule has 0 saturated carbocycles. The highest BCUT2D eigenvalue weighted by molar-refractivity contribution is 7.10. The Morgan fingerprint density at radius 1 is 1.07 bits per heavy atom. The number of hydrogen-bond donors (Lipinski definition) is 1. The van der Waals surface area contributed by atoms with Crippen molar-refractivity contribution in [2.24, 2.45) is 0 Å². The lowest BCUT2D eigenvalue weighted by atomic mass is 10.1. The summed E-state index contributed by atoms with van der Waals surface area (Å²) in [5, 5.41) is 11.9. The van der Waals surface area contributed by atoms with Crippen LogP contribution < -0.4 is 0 Å². The van der Waals surface area contributed by atoms with Crippen LogP contribution in [0.3, 0.4) is 0 Å². The van der Waals surface area contributed by atoms with Crippen LogP contribution in [0.25, 0.3) is 0 Å². The van der Waals surface area contributed by atoms with E-state index in [2.05, 4.69) is 12.1 Å². The van der Waals surface area contributed by atoms with Gasteiger partial charge in [0, 0.05) is 4.88 Å². The summed E-state index contributed by atoms with van der Waals surface area (Å²) in [5.41, 5.74) is 1.29. The molecule has 0 amide bonds. The minimum absolute atomic E-state index is 0.315. The van der Waals surface area contributed by atoms with Gasteiger partial charge in [0.15, 0.2) is 0 Å². The van der Waals surface area contributed by atoms with Crippen LogP contribution in [0.15, 0.2) is 47.8 Å². The van der Waals surface area contributed by atoms with Gasteiger partial charge in [0.05, 0.1) is 6.10 Å². The normalized spacial score (nSPS) is 12.6. The number of thiophene rings is 1. The SMILES string of the molecule is OC(CCc1ccccc1)c1cccs1. The van der Waals surface area contributed by atoms with Crippen LogP contribution in [0.5, 0.6) is 0 Å². The van der Waals surface area contributed by atoms with Gasteiger partial charge in [0.2, 0.25) is 0 Å². The molecule has 78 valence electrons. The molecule has 0 radical (unpaired) electrons. The minimum Gasteiger partial charge on any atom is -0.388 e. The van der Waals surface area contributed by atoms with Crippen molar-refractivity contribution in [3.63, 3.8) is 0 Å². The highest BCUT2D eigenvalue weighted by atomic mass is 32.1. The van der Waals surface area contributed by atoms with Crippen LogP contribution in [-0.2, 0) is 6.42 Å². The molecule has 0 aliphatic rings. The fourth-order valence-electron chi connectivity index (χ4n) is 1.57. The highest BCUT2D eigenvalue weighted by Gasteiger charge is 2.07. The van der Waals surface area contributed by atoms with Crippen molar-refractivity contribution in [3.8, 4) is 0 Å². The molecule has 0 spiro atoms. The van der Waals surface area contributed by atoms with Crippen molar-refractivity contribution in [1.82, 2.24) is 0 Å². The third-order valence-corrected chi connectivity index (χ3v) is 3.39. The molecular weight excluding hydrogens is 204 g/mol. The largest absolute Gasteiger partial charge is 0.388 e. The standard InChI is InChI=1S/C13H14OS/c14-12(13-7-4-10-15-13)9-8-11-5-2-1-3-6-11/h1-7,10,12,14H,8-9H2. The predicted molar refractivity (Wildman–Crippen MR) is 64.0 cm³/mol. The molecule has 0 bridgehead atoms. The number of aryl methyl sites for hydroxylation is 1. The van der Waals surface area contributed by atoms with Gasteiger partial charge in [-0.1, -0.05) is 36.4 Å². The molecule has 1 unspecified atom stereocenters. The van der Waals surface area contributed by atoms with Gasteiger partial charge in [-0.15, -0.1) is 11.3 Å². The molecule has 0 saturated heterocycles. The van der Waals surface area contributed by atoms with Crippen LogP contribution in [0.4, 0.5) is 0 Å². The van der Waals surface area contributed by atoms with Crippen LogP contribution >= 0.6 is 11.3 Å². The van der Waals surface area contributed by atoms with Gasteiger partial charge in [-0.05, 0) is 29.9 Å². The third kappa shape index (κ3) is 2.91. The minimum atomic E-state index is -0.315. The quantitative estimate of drug-likeness (QED) is 0.833. The zero-order valence-electron chi connectivity index (χ0n) is 8.47. The fourth-order valence-corrected chi connectivity index (χ4v) is 2.32. The first kappa shape index (κ1) is 10.4. The first-order valence-electron chi connectivity index (χ1n) is 5.11. The first-order chi connectivity index (χ1) is 7.36. The molecule has 1 nitrogen and oxygen atoms in total. The van der Waals surface area contributed by atoms with E-state index in [-0.39, 0.29) is 6.10 Å². The lowest BCUT2D eigenvalue weighted by Crippen LogP contribution is -1.96. The Balaban J connectivity index is 1.89. The molecule has 0 aliphatic carbocycles. The topological polar surface area (TPSA) is 20.2 Å². The van der Waals surface area contributed by atoms with E-state index < -0.39 is 0 Å². The maximum atomic E-state index is 9.88. The molecule has 0 fully saturated rings. The van der Waals surface area contributed by atoms with Gasteiger partial charge < -0.3 is 5.11 Å². The highest BCUT2D eigenvalue weighted by Crippen LogP contribution is 2.23. The first-order valence-corrected chi connectivity index (χ1v) is 5.99. The van der Waals surface area contributed by atoms with Crippen LogP contribution in [0.2, 0.25) is 0 Å². The average molecular weight is 218 g/mol. The maximum absolute atomic E-state index is 9.88. The van der Waals surface area contributed by atoms with Crippen molar-refractivity contribution < 1.29 is 5.11 Å². The van der Waals surface area contributed by atoms with Crippen molar-refractivity contribution in [1.29, 1.82) is 0 Å². The molecule has 1 heterocycles. The van der Waals surface area contributed by atoms with E-state index in [1.807, 2.05) is 35.7 Å². The van der Waals surface area contributed by atoms with E-state index in [1.165, 1.54) is 5.56 Å². The number of rotatable bonds is 4. The number of benzene rings is 1. The Kier molecular flexibility index (Phi) is 3.54. The maximum Gasteiger partial charge on any atom is 0.0885 e. The average Bonchev–Trinajstić information content (AvgIpc) is 2.81. The van der Waals surface area contributed by atoms with Gasteiger partial charge in [0.25, 0.3) is 0 Å².